The molecule has 0 unspecified atom stereocenters. The Morgan fingerprint density at radius 3 is 2.58 bits per heavy atom. The lowest BCUT2D eigenvalue weighted by Crippen LogP contribution is -2.31. The topological polar surface area (TPSA) is 133 Å². The Bertz CT molecular complexity index is 2000. The van der Waals surface area contributed by atoms with E-state index in [2.05, 4.69) is 32.2 Å². The van der Waals surface area contributed by atoms with Crippen LogP contribution >= 0.6 is 0 Å². The predicted octanol–water partition coefficient (Wildman–Crippen LogP) is 3.27. The number of nitrogens with zero attached hydrogens (tertiary/aromatic N) is 6. The number of amides is 1. The summed E-state index contributed by atoms with van der Waals surface area (Å²) in [6, 6.07) is 19.1. The van der Waals surface area contributed by atoms with Crippen LogP contribution in [0.15, 0.2) is 96.3 Å². The molecule has 0 saturated heterocycles. The van der Waals surface area contributed by atoms with E-state index < -0.39 is 11.9 Å². The van der Waals surface area contributed by atoms with E-state index in [1.54, 1.807) is 68.1 Å². The molecule has 10 heteroatoms. The van der Waals surface area contributed by atoms with E-state index >= 15 is 0 Å². The first kappa shape index (κ1) is 24.5. The maximum Gasteiger partial charge on any atom is 0.267 e. The van der Waals surface area contributed by atoms with Crippen LogP contribution in [-0.2, 0) is 0 Å². The molecule has 5 aromatic heterocycles. The van der Waals surface area contributed by atoms with Crippen LogP contribution in [0.4, 0.5) is 5.82 Å². The SMILES string of the molecule is C[C@@H](NC(=O)c1c(N)nn2cccnc12)c1nc2cccc(C#Cc3ccncc3)n2c(=O)c1-c1ccccc1. The molecule has 0 fully saturated rings. The summed E-state index contributed by atoms with van der Waals surface area (Å²) in [6.45, 7) is 1.77. The van der Waals surface area contributed by atoms with Crippen molar-refractivity contribution in [2.45, 2.75) is 13.0 Å². The van der Waals surface area contributed by atoms with Crippen LogP contribution in [0.3, 0.4) is 0 Å². The summed E-state index contributed by atoms with van der Waals surface area (Å²) in [6.07, 6.45) is 6.54. The number of rotatable bonds is 4. The van der Waals surface area contributed by atoms with E-state index in [0.29, 0.717) is 33.8 Å². The molecule has 194 valence electrons. The Morgan fingerprint density at radius 1 is 0.975 bits per heavy atom. The molecule has 0 aliphatic heterocycles. The molecule has 0 spiro atoms. The summed E-state index contributed by atoms with van der Waals surface area (Å²) in [4.78, 5) is 40.6. The molecule has 0 radical (unpaired) electrons. The monoisotopic (exact) mass is 526 g/mol. The molecule has 10 nitrogen and oxygen atoms in total. The van der Waals surface area contributed by atoms with Crippen molar-refractivity contribution in [3.05, 3.63) is 124 Å². The first-order chi connectivity index (χ1) is 19.5. The minimum atomic E-state index is -0.662. The lowest BCUT2D eigenvalue weighted by Gasteiger charge is -2.18. The highest BCUT2D eigenvalue weighted by Gasteiger charge is 2.25. The number of pyridine rings is 2. The molecule has 3 N–H and O–H groups in total. The fraction of sp³-hybridized carbons (Fsp3) is 0.0667. The molecule has 40 heavy (non-hydrogen) atoms. The Kier molecular flexibility index (Phi) is 6.22. The third kappa shape index (κ3) is 4.41. The Morgan fingerprint density at radius 2 is 1.77 bits per heavy atom. The molecule has 6 aromatic rings. The minimum absolute atomic E-state index is 0.0515. The van der Waals surface area contributed by atoms with E-state index in [1.165, 1.54) is 8.92 Å². The molecular formula is C30H22N8O2. The van der Waals surface area contributed by atoms with Gasteiger partial charge in [-0.2, -0.15) is 0 Å². The normalized spacial score (nSPS) is 11.6. The van der Waals surface area contributed by atoms with Gasteiger partial charge in [-0.3, -0.25) is 19.0 Å². The zero-order valence-electron chi connectivity index (χ0n) is 21.3. The largest absolute Gasteiger partial charge is 0.381 e. The van der Waals surface area contributed by atoms with E-state index in [9.17, 15) is 9.59 Å². The smallest absolute Gasteiger partial charge is 0.267 e. The average molecular weight is 527 g/mol. The van der Waals surface area contributed by atoms with E-state index in [4.69, 9.17) is 10.7 Å². The van der Waals surface area contributed by atoms with Crippen molar-refractivity contribution in [1.82, 2.24) is 34.3 Å². The van der Waals surface area contributed by atoms with E-state index in [1.807, 2.05) is 30.3 Å². The number of nitrogens with two attached hydrogens (primary N) is 1. The number of hydrogen-bond acceptors (Lipinski definition) is 7. The lowest BCUT2D eigenvalue weighted by atomic mass is 10.0. The van der Waals surface area contributed by atoms with Crippen LogP contribution in [0.2, 0.25) is 0 Å². The van der Waals surface area contributed by atoms with Crippen molar-refractivity contribution in [3.63, 3.8) is 0 Å². The molecule has 0 saturated carbocycles. The van der Waals surface area contributed by atoms with Gasteiger partial charge in [0.2, 0.25) is 0 Å². The van der Waals surface area contributed by atoms with Crippen molar-refractivity contribution >= 4 is 23.0 Å². The number of carbonyl (C=O) groups excluding carboxylic acids is 1. The maximum atomic E-state index is 14.1. The van der Waals surface area contributed by atoms with Crippen molar-refractivity contribution in [1.29, 1.82) is 0 Å². The number of carbonyl (C=O) groups is 1. The van der Waals surface area contributed by atoms with Gasteiger partial charge in [-0.05, 0) is 48.7 Å². The second kappa shape index (κ2) is 10.2. The summed E-state index contributed by atoms with van der Waals surface area (Å²) in [5.74, 6) is 5.75. The number of hydrogen-bond donors (Lipinski definition) is 2. The third-order valence-corrected chi connectivity index (χ3v) is 6.36. The molecular weight excluding hydrogens is 504 g/mol. The van der Waals surface area contributed by atoms with E-state index in [-0.39, 0.29) is 16.9 Å². The molecule has 0 aliphatic rings. The quantitative estimate of drug-likeness (QED) is 0.337. The second-order valence-corrected chi connectivity index (χ2v) is 8.98. The van der Waals surface area contributed by atoms with Gasteiger partial charge in [-0.15, -0.1) is 5.10 Å². The van der Waals surface area contributed by atoms with Gasteiger partial charge in [0.05, 0.1) is 17.3 Å². The Hall–Kier alpha value is -5.82. The number of benzene rings is 1. The van der Waals surface area contributed by atoms with Gasteiger partial charge in [0.1, 0.15) is 16.9 Å². The van der Waals surface area contributed by atoms with Crippen LogP contribution in [0.1, 0.15) is 40.3 Å². The van der Waals surface area contributed by atoms with Gasteiger partial charge in [0.25, 0.3) is 11.5 Å². The number of anilines is 1. The van der Waals surface area contributed by atoms with Gasteiger partial charge < -0.3 is 11.1 Å². The van der Waals surface area contributed by atoms with Crippen LogP contribution in [0.5, 0.6) is 0 Å². The summed E-state index contributed by atoms with van der Waals surface area (Å²) in [5.41, 5.74) is 9.33. The number of nitrogens with one attached hydrogen (secondary N) is 1. The minimum Gasteiger partial charge on any atom is -0.381 e. The van der Waals surface area contributed by atoms with E-state index in [0.717, 1.165) is 5.56 Å². The van der Waals surface area contributed by atoms with Gasteiger partial charge in [0.15, 0.2) is 11.5 Å². The Labute approximate surface area is 228 Å². The fourth-order valence-corrected chi connectivity index (χ4v) is 4.52. The summed E-state index contributed by atoms with van der Waals surface area (Å²) < 4.78 is 2.93. The van der Waals surface area contributed by atoms with Crippen molar-refractivity contribution in [3.8, 4) is 23.0 Å². The molecule has 0 aliphatic carbocycles. The van der Waals surface area contributed by atoms with Crippen LogP contribution < -0.4 is 16.6 Å². The molecule has 6 rings (SSSR count). The maximum absolute atomic E-state index is 14.1. The zero-order valence-corrected chi connectivity index (χ0v) is 21.3. The van der Waals surface area contributed by atoms with Gasteiger partial charge in [-0.1, -0.05) is 42.3 Å². The number of nitrogen functional groups attached to an aromatic ring is 1. The van der Waals surface area contributed by atoms with Crippen molar-refractivity contribution in [2.75, 3.05) is 5.73 Å². The van der Waals surface area contributed by atoms with Gasteiger partial charge >= 0.3 is 0 Å². The van der Waals surface area contributed by atoms with Crippen LogP contribution in [0.25, 0.3) is 22.4 Å². The fourth-order valence-electron chi connectivity index (χ4n) is 4.52. The first-order valence-corrected chi connectivity index (χ1v) is 12.4. The highest BCUT2D eigenvalue weighted by Crippen LogP contribution is 2.26. The number of aromatic nitrogens is 6. The van der Waals surface area contributed by atoms with Crippen molar-refractivity contribution < 1.29 is 4.79 Å². The highest BCUT2D eigenvalue weighted by molar-refractivity contribution is 6.04. The average Bonchev–Trinajstić information content (AvgIpc) is 3.32. The zero-order chi connectivity index (χ0) is 27.6. The molecule has 1 atom stereocenters. The number of fused-ring (bicyclic) bond motifs is 2. The molecule has 1 amide bonds. The van der Waals surface area contributed by atoms with Crippen LogP contribution in [0, 0.1) is 11.8 Å². The molecule has 5 heterocycles. The van der Waals surface area contributed by atoms with Gasteiger partial charge in [-0.25, -0.2) is 14.5 Å². The summed E-state index contributed by atoms with van der Waals surface area (Å²) in [7, 11) is 0. The molecule has 1 aromatic carbocycles. The van der Waals surface area contributed by atoms with Gasteiger partial charge in [0, 0.05) is 30.4 Å². The standard InChI is InChI=1S/C30H22N8O2/c1-19(34-29(39)25-27(31)36-37-18-6-15-33-28(25)37)26-24(21-7-3-2-4-8-21)30(40)38-22(9-5-10-23(38)35-26)12-11-20-13-16-32-17-14-20/h2-10,13-19H,1H3,(H2,31,36)(H,34,39)/t19-/m1/s1. The summed E-state index contributed by atoms with van der Waals surface area (Å²) >= 11 is 0. The van der Waals surface area contributed by atoms with Crippen LogP contribution in [-0.4, -0.2) is 34.9 Å². The highest BCUT2D eigenvalue weighted by atomic mass is 16.2. The molecule has 0 bridgehead atoms. The Balaban J connectivity index is 1.48. The lowest BCUT2D eigenvalue weighted by molar-refractivity contribution is 0.0941. The van der Waals surface area contributed by atoms with Crippen molar-refractivity contribution in [2.24, 2.45) is 0 Å². The predicted molar refractivity (Wildman–Crippen MR) is 150 cm³/mol. The summed E-state index contributed by atoms with van der Waals surface area (Å²) in [5, 5.41) is 7.11. The third-order valence-electron chi connectivity index (χ3n) is 6.36. The first-order valence-electron chi connectivity index (χ1n) is 12.4. The second-order valence-electron chi connectivity index (χ2n) is 8.98.